The third-order valence-electron chi connectivity index (χ3n) is 2.51. The zero-order chi connectivity index (χ0) is 10.8. The Labute approximate surface area is 103 Å². The average Bonchev–Trinajstić information content (AvgIpc) is 2.97. The first-order valence-electron chi connectivity index (χ1n) is 5.09. The molecule has 0 aromatic carbocycles. The second-order valence-corrected chi connectivity index (χ2v) is 5.20. The summed E-state index contributed by atoms with van der Waals surface area (Å²) in [5.41, 5.74) is 0. The normalized spacial score (nSPS) is 17.5. The van der Waals surface area contributed by atoms with Crippen LogP contribution in [0.15, 0.2) is 10.8 Å². The average molecular weight is 291 g/mol. The van der Waals surface area contributed by atoms with Crippen LogP contribution in [0.5, 0.6) is 0 Å². The van der Waals surface area contributed by atoms with E-state index >= 15 is 0 Å². The number of rotatable bonds is 4. The molecule has 1 aromatic heterocycles. The number of nitrogens with zero attached hydrogens (tertiary/aromatic N) is 2. The van der Waals surface area contributed by atoms with E-state index in [1.54, 1.807) is 0 Å². The van der Waals surface area contributed by atoms with Crippen molar-refractivity contribution in [2.24, 2.45) is 5.92 Å². The van der Waals surface area contributed by atoms with Gasteiger partial charge in [0.05, 0.1) is 4.47 Å². The second-order valence-electron chi connectivity index (χ2n) is 4.05. The van der Waals surface area contributed by atoms with Gasteiger partial charge in [-0.15, -0.1) is 0 Å². The highest BCUT2D eigenvalue weighted by Crippen LogP contribution is 2.34. The lowest BCUT2D eigenvalue weighted by Crippen LogP contribution is -2.17. The topological polar surface area (TPSA) is 37.8 Å². The van der Waals surface area contributed by atoms with Gasteiger partial charge in [0, 0.05) is 6.04 Å². The summed E-state index contributed by atoms with van der Waals surface area (Å²) in [5, 5.41) is 3.79. The molecule has 82 valence electrons. The van der Waals surface area contributed by atoms with Gasteiger partial charge in [-0.25, -0.2) is 9.97 Å². The zero-order valence-electron chi connectivity index (χ0n) is 8.50. The highest BCUT2D eigenvalue weighted by Gasteiger charge is 2.24. The predicted octanol–water partition coefficient (Wildman–Crippen LogP) is 3.49. The zero-order valence-corrected chi connectivity index (χ0v) is 10.8. The number of anilines is 1. The quantitative estimate of drug-likeness (QED) is 0.863. The van der Waals surface area contributed by atoms with Crippen molar-refractivity contribution in [3.63, 3.8) is 0 Å². The molecular weight excluding hydrogens is 277 g/mol. The molecule has 2 rings (SSSR count). The van der Waals surface area contributed by atoms with E-state index in [4.69, 9.17) is 11.6 Å². The van der Waals surface area contributed by atoms with Gasteiger partial charge in [-0.05, 0) is 35.2 Å². The first-order valence-corrected chi connectivity index (χ1v) is 6.26. The Bertz CT molecular complexity index is 355. The minimum absolute atomic E-state index is 0.430. The van der Waals surface area contributed by atoms with Gasteiger partial charge in [0.15, 0.2) is 0 Å². The van der Waals surface area contributed by atoms with Crippen LogP contribution in [0.25, 0.3) is 0 Å². The monoisotopic (exact) mass is 289 g/mol. The fourth-order valence-electron chi connectivity index (χ4n) is 1.59. The number of hydrogen-bond donors (Lipinski definition) is 1. The lowest BCUT2D eigenvalue weighted by molar-refractivity contribution is 0.639. The van der Waals surface area contributed by atoms with Gasteiger partial charge in [-0.1, -0.05) is 24.4 Å². The van der Waals surface area contributed by atoms with Crippen molar-refractivity contribution >= 4 is 33.3 Å². The molecule has 0 spiro atoms. The molecule has 1 N–H and O–H groups in total. The fourth-order valence-corrected chi connectivity index (χ4v) is 2.05. The molecular formula is C10H13BrClN3. The first-order chi connectivity index (χ1) is 7.16. The highest BCUT2D eigenvalue weighted by atomic mass is 79.9. The van der Waals surface area contributed by atoms with Crippen LogP contribution in [0.4, 0.5) is 5.82 Å². The number of hydrogen-bond acceptors (Lipinski definition) is 3. The van der Waals surface area contributed by atoms with Crippen LogP contribution >= 0.6 is 27.5 Å². The summed E-state index contributed by atoms with van der Waals surface area (Å²) in [4.78, 5) is 8.04. The van der Waals surface area contributed by atoms with Gasteiger partial charge in [-0.3, -0.25) is 0 Å². The van der Waals surface area contributed by atoms with Gasteiger partial charge in [-0.2, -0.15) is 0 Å². The molecule has 1 unspecified atom stereocenters. The van der Waals surface area contributed by atoms with Gasteiger partial charge in [0.2, 0.25) is 0 Å². The molecule has 1 fully saturated rings. The molecule has 1 atom stereocenters. The van der Waals surface area contributed by atoms with Gasteiger partial charge < -0.3 is 5.32 Å². The van der Waals surface area contributed by atoms with E-state index in [9.17, 15) is 0 Å². The van der Waals surface area contributed by atoms with E-state index in [0.717, 1.165) is 16.2 Å². The van der Waals surface area contributed by atoms with E-state index in [1.807, 2.05) is 0 Å². The Morgan fingerprint density at radius 1 is 1.60 bits per heavy atom. The Morgan fingerprint density at radius 2 is 2.33 bits per heavy atom. The summed E-state index contributed by atoms with van der Waals surface area (Å²) in [5.74, 6) is 1.69. The van der Waals surface area contributed by atoms with E-state index in [-0.39, 0.29) is 0 Å². The van der Waals surface area contributed by atoms with Crippen molar-refractivity contribution in [2.75, 3.05) is 5.32 Å². The third-order valence-corrected chi connectivity index (χ3v) is 3.78. The molecule has 0 bridgehead atoms. The SMILES string of the molecule is CC(CC1CC1)Nc1ncnc(Cl)c1Br. The van der Waals surface area contributed by atoms with Gasteiger partial charge >= 0.3 is 0 Å². The molecule has 0 amide bonds. The van der Waals surface area contributed by atoms with E-state index in [1.165, 1.54) is 25.6 Å². The highest BCUT2D eigenvalue weighted by molar-refractivity contribution is 9.10. The molecule has 0 aliphatic heterocycles. The molecule has 0 radical (unpaired) electrons. The maximum Gasteiger partial charge on any atom is 0.148 e. The van der Waals surface area contributed by atoms with Crippen LogP contribution in [0, 0.1) is 5.92 Å². The smallest absolute Gasteiger partial charge is 0.148 e. The Kier molecular flexibility index (Phi) is 3.46. The van der Waals surface area contributed by atoms with Crippen molar-refractivity contribution in [1.29, 1.82) is 0 Å². The van der Waals surface area contributed by atoms with Gasteiger partial charge in [0.25, 0.3) is 0 Å². The number of aromatic nitrogens is 2. The standard InChI is InChI=1S/C10H13BrClN3/c1-6(4-7-2-3-7)15-10-8(11)9(12)13-5-14-10/h5-7H,2-4H2,1H3,(H,13,14,15). The molecule has 1 aliphatic rings. The van der Waals surface area contributed by atoms with Crippen LogP contribution < -0.4 is 5.32 Å². The Hall–Kier alpha value is -0.350. The van der Waals surface area contributed by atoms with Crippen molar-refractivity contribution < 1.29 is 0 Å². The lowest BCUT2D eigenvalue weighted by Gasteiger charge is -2.14. The predicted molar refractivity (Wildman–Crippen MR) is 65.2 cm³/mol. The minimum Gasteiger partial charge on any atom is -0.367 e. The van der Waals surface area contributed by atoms with Crippen molar-refractivity contribution in [3.8, 4) is 0 Å². The molecule has 1 saturated carbocycles. The largest absolute Gasteiger partial charge is 0.367 e. The molecule has 0 saturated heterocycles. The summed E-state index contributed by atoms with van der Waals surface area (Å²) < 4.78 is 0.745. The summed E-state index contributed by atoms with van der Waals surface area (Å²) >= 11 is 9.25. The number of nitrogens with one attached hydrogen (secondary N) is 1. The number of halogens is 2. The maximum atomic E-state index is 5.88. The second kappa shape index (κ2) is 4.66. The van der Waals surface area contributed by atoms with Crippen molar-refractivity contribution in [1.82, 2.24) is 9.97 Å². The van der Waals surface area contributed by atoms with Crippen LogP contribution in [0.3, 0.4) is 0 Å². The lowest BCUT2D eigenvalue weighted by atomic mass is 10.1. The first kappa shape index (κ1) is 11.1. The molecule has 15 heavy (non-hydrogen) atoms. The molecule has 3 nitrogen and oxygen atoms in total. The molecule has 1 aromatic rings. The minimum atomic E-state index is 0.430. The fraction of sp³-hybridized carbons (Fsp3) is 0.600. The van der Waals surface area contributed by atoms with E-state index in [0.29, 0.717) is 11.2 Å². The van der Waals surface area contributed by atoms with E-state index < -0.39 is 0 Å². The summed E-state index contributed by atoms with van der Waals surface area (Å²) in [6, 6.07) is 0.430. The van der Waals surface area contributed by atoms with Crippen molar-refractivity contribution in [3.05, 3.63) is 16.0 Å². The Balaban J connectivity index is 1.99. The molecule has 1 aliphatic carbocycles. The maximum absolute atomic E-state index is 5.88. The van der Waals surface area contributed by atoms with Crippen LogP contribution in [-0.4, -0.2) is 16.0 Å². The van der Waals surface area contributed by atoms with Crippen LogP contribution in [-0.2, 0) is 0 Å². The third kappa shape index (κ3) is 3.05. The van der Waals surface area contributed by atoms with Crippen LogP contribution in [0.2, 0.25) is 5.15 Å². The Morgan fingerprint density at radius 3 is 3.00 bits per heavy atom. The van der Waals surface area contributed by atoms with Crippen LogP contribution in [0.1, 0.15) is 26.2 Å². The summed E-state index contributed by atoms with van der Waals surface area (Å²) in [7, 11) is 0. The van der Waals surface area contributed by atoms with E-state index in [2.05, 4.69) is 38.1 Å². The summed E-state index contributed by atoms with van der Waals surface area (Å²) in [6.45, 7) is 2.17. The van der Waals surface area contributed by atoms with Gasteiger partial charge in [0.1, 0.15) is 17.3 Å². The van der Waals surface area contributed by atoms with Crippen molar-refractivity contribution in [2.45, 2.75) is 32.2 Å². The molecule has 1 heterocycles. The molecule has 5 heteroatoms. The summed E-state index contributed by atoms with van der Waals surface area (Å²) in [6.07, 6.45) is 5.42.